The molecule has 1 N–H and O–H groups in total. The van der Waals surface area contributed by atoms with E-state index in [2.05, 4.69) is 158 Å². The van der Waals surface area contributed by atoms with Gasteiger partial charge in [0.05, 0.1) is 16.6 Å². The third-order valence-corrected chi connectivity index (χ3v) is 10.6. The average Bonchev–Trinajstić information content (AvgIpc) is 3.52. The molecule has 0 saturated carbocycles. The summed E-state index contributed by atoms with van der Waals surface area (Å²) in [5.74, 6) is 0.883. The van der Waals surface area contributed by atoms with E-state index in [1.165, 1.54) is 16.7 Å². The third-order valence-electron chi connectivity index (χ3n) is 10.6. The molecule has 0 aliphatic heterocycles. The molecule has 0 radical (unpaired) electrons. The van der Waals surface area contributed by atoms with Crippen LogP contribution in [0.15, 0.2) is 121 Å². The molecule has 0 aliphatic rings. The van der Waals surface area contributed by atoms with E-state index in [4.69, 9.17) is 9.97 Å². The topological polar surface area (TPSA) is 50.9 Å². The zero-order valence-corrected chi connectivity index (χ0v) is 35.4. The van der Waals surface area contributed by atoms with Gasteiger partial charge < -0.3 is 5.11 Å². The number of para-hydroxylation sites is 1. The average molecular weight is 902 g/mol. The van der Waals surface area contributed by atoms with Gasteiger partial charge in [0.25, 0.3) is 0 Å². The minimum Gasteiger partial charge on any atom is -0.507 e. The number of imidazole rings is 1. The molecule has 0 bridgehead atoms. The Hall–Kier alpha value is -5.05. The largest absolute Gasteiger partial charge is 0.507 e. The normalized spacial score (nSPS) is 12.4. The maximum Gasteiger partial charge on any atom is 0.148 e. The number of aromatic hydroxyl groups is 1. The van der Waals surface area contributed by atoms with Gasteiger partial charge in [-0.25, -0.2) is 4.98 Å². The van der Waals surface area contributed by atoms with Crippen molar-refractivity contribution in [1.29, 1.82) is 0 Å². The van der Waals surface area contributed by atoms with Gasteiger partial charge in [-0.1, -0.05) is 163 Å². The number of hydrogen-bond acceptors (Lipinski definition) is 3. The Morgan fingerprint density at radius 1 is 0.582 bits per heavy atom. The number of rotatable bonds is 4. The van der Waals surface area contributed by atoms with Gasteiger partial charge >= 0.3 is 0 Å². The molecule has 2 aromatic heterocycles. The number of benzene rings is 6. The zero-order valence-electron chi connectivity index (χ0n) is 33.2. The predicted molar refractivity (Wildman–Crippen MR) is 227 cm³/mol. The molecule has 0 unspecified atom stereocenters. The fraction of sp³-hybridized carbons (Fsp3) is 0.240. The van der Waals surface area contributed by atoms with Crippen molar-refractivity contribution in [3.05, 3.63) is 144 Å². The summed E-state index contributed by atoms with van der Waals surface area (Å²) in [6.07, 6.45) is 1.95. The van der Waals surface area contributed by atoms with Crippen LogP contribution in [0.4, 0.5) is 0 Å². The van der Waals surface area contributed by atoms with Gasteiger partial charge in [-0.3, -0.25) is 9.55 Å². The van der Waals surface area contributed by atoms with Gasteiger partial charge in [0, 0.05) is 38.6 Å². The van der Waals surface area contributed by atoms with E-state index >= 15 is 0 Å². The van der Waals surface area contributed by atoms with E-state index < -0.39 is 0 Å². The first-order valence-electron chi connectivity index (χ1n) is 18.9. The minimum absolute atomic E-state index is 0. The van der Waals surface area contributed by atoms with Crippen molar-refractivity contribution in [1.82, 2.24) is 14.5 Å². The van der Waals surface area contributed by atoms with E-state index in [0.717, 1.165) is 60.6 Å². The molecular weight excluding hydrogens is 854 g/mol. The number of fused-ring (bicyclic) bond motifs is 3. The van der Waals surface area contributed by atoms with Crippen LogP contribution in [0.2, 0.25) is 0 Å². The van der Waals surface area contributed by atoms with Gasteiger partial charge in [-0.15, -0.1) is 17.7 Å². The molecule has 0 amide bonds. The van der Waals surface area contributed by atoms with Gasteiger partial charge in [0.15, 0.2) is 0 Å². The Kier molecular flexibility index (Phi) is 9.67. The van der Waals surface area contributed by atoms with Crippen molar-refractivity contribution < 1.29 is 26.2 Å². The molecule has 5 heteroatoms. The molecular formula is C50H48N3OPt-. The smallest absolute Gasteiger partial charge is 0.148 e. The van der Waals surface area contributed by atoms with Crippen LogP contribution in [-0.2, 0) is 37.3 Å². The van der Waals surface area contributed by atoms with E-state index in [-0.39, 0.29) is 43.1 Å². The Balaban J connectivity index is 0.00000465. The van der Waals surface area contributed by atoms with Crippen LogP contribution >= 0.6 is 0 Å². The summed E-state index contributed by atoms with van der Waals surface area (Å²) in [6, 6.07) is 44.2. The zero-order chi connectivity index (χ0) is 38.2. The van der Waals surface area contributed by atoms with Gasteiger partial charge in [0.1, 0.15) is 11.6 Å². The number of phenols is 1. The molecule has 0 spiro atoms. The molecule has 8 rings (SSSR count). The van der Waals surface area contributed by atoms with Crippen LogP contribution in [0, 0.1) is 6.07 Å². The van der Waals surface area contributed by atoms with Crippen LogP contribution < -0.4 is 0 Å². The van der Waals surface area contributed by atoms with E-state index in [1.54, 1.807) is 6.07 Å². The van der Waals surface area contributed by atoms with Crippen molar-refractivity contribution in [2.45, 2.75) is 78.6 Å². The molecule has 8 aromatic rings. The van der Waals surface area contributed by atoms with Crippen LogP contribution in [0.1, 0.15) is 79.0 Å². The van der Waals surface area contributed by atoms with Crippen molar-refractivity contribution >= 4 is 32.6 Å². The van der Waals surface area contributed by atoms with Crippen molar-refractivity contribution in [3.63, 3.8) is 0 Å². The van der Waals surface area contributed by atoms with E-state index in [9.17, 15) is 5.11 Å². The predicted octanol–water partition coefficient (Wildman–Crippen LogP) is 13.1. The van der Waals surface area contributed by atoms with Crippen LogP contribution in [0.5, 0.6) is 5.75 Å². The summed E-state index contributed by atoms with van der Waals surface area (Å²) in [5, 5.41) is 15.9. The molecule has 280 valence electrons. The van der Waals surface area contributed by atoms with Crippen molar-refractivity contribution in [2.75, 3.05) is 0 Å². The van der Waals surface area contributed by atoms with Crippen LogP contribution in [0.25, 0.3) is 72.0 Å². The van der Waals surface area contributed by atoms with Crippen LogP contribution in [0.3, 0.4) is 0 Å². The van der Waals surface area contributed by atoms with Crippen molar-refractivity contribution in [3.8, 4) is 45.2 Å². The number of pyridine rings is 1. The van der Waals surface area contributed by atoms with Gasteiger partial charge in [-0.05, 0) is 74.0 Å². The summed E-state index contributed by atoms with van der Waals surface area (Å²) in [4.78, 5) is 10.4. The monoisotopic (exact) mass is 901 g/mol. The molecule has 0 saturated heterocycles. The van der Waals surface area contributed by atoms with E-state index in [0.29, 0.717) is 11.4 Å². The first-order chi connectivity index (χ1) is 25.6. The molecule has 6 aromatic carbocycles. The second-order valence-electron chi connectivity index (χ2n) is 17.8. The SMILES string of the molecule is CC(C)(C)c1cc(-n2c(-c3ccccc3O)nc3c(-c4[c-]c(-c5cc6ccccc6cn5)cc5ccccc45)cc(C(C)(C)C)cc32)cc(C(C)(C)C)c1.[Pt]. The minimum atomic E-state index is -0.176. The molecule has 2 heterocycles. The summed E-state index contributed by atoms with van der Waals surface area (Å²) in [7, 11) is 0. The van der Waals surface area contributed by atoms with Gasteiger partial charge in [0.2, 0.25) is 0 Å². The second kappa shape index (κ2) is 13.9. The molecule has 0 fully saturated rings. The maximum absolute atomic E-state index is 11.4. The summed E-state index contributed by atoms with van der Waals surface area (Å²) >= 11 is 0. The number of aromatic nitrogens is 3. The number of phenolic OH excluding ortho intramolecular Hbond substituents is 1. The molecule has 0 atom stereocenters. The summed E-state index contributed by atoms with van der Waals surface area (Å²) < 4.78 is 2.27. The fourth-order valence-corrected chi connectivity index (χ4v) is 7.34. The first-order valence-corrected chi connectivity index (χ1v) is 18.9. The molecule has 4 nitrogen and oxygen atoms in total. The quantitative estimate of drug-likeness (QED) is 0.179. The number of nitrogens with zero attached hydrogens (tertiary/aromatic N) is 3. The molecule has 55 heavy (non-hydrogen) atoms. The van der Waals surface area contributed by atoms with E-state index in [1.807, 2.05) is 30.5 Å². The Bertz CT molecular complexity index is 2710. The Labute approximate surface area is 339 Å². The van der Waals surface area contributed by atoms with Crippen LogP contribution in [-0.4, -0.2) is 19.6 Å². The fourth-order valence-electron chi connectivity index (χ4n) is 7.34. The standard InChI is InChI=1S/C50H48N3O.Pt/c1-48(2,3)35-25-36(49(4,5)6)27-38(26-35)53-44-29-37(50(7,8)9)28-42(46(44)52-47(53)40-20-14-15-21-45(40)54)41-23-34(22-32-17-12-13-19-39(32)41)43-24-31-16-10-11-18-33(31)30-51-43;/h10-22,24-30,54H,1-9H3;/q-1;. The van der Waals surface area contributed by atoms with Crippen molar-refractivity contribution in [2.24, 2.45) is 0 Å². The maximum atomic E-state index is 11.4. The Morgan fingerprint density at radius 3 is 1.82 bits per heavy atom. The summed E-state index contributed by atoms with van der Waals surface area (Å²) in [5.41, 5.74) is 10.6. The van der Waals surface area contributed by atoms with Gasteiger partial charge in [-0.2, -0.15) is 0 Å². The number of hydrogen-bond donors (Lipinski definition) is 1. The summed E-state index contributed by atoms with van der Waals surface area (Å²) in [6.45, 7) is 20.4. The first kappa shape index (κ1) is 38.2. The molecule has 0 aliphatic carbocycles. The Morgan fingerprint density at radius 2 is 1.16 bits per heavy atom. The second-order valence-corrected chi connectivity index (χ2v) is 17.8. The third kappa shape index (κ3) is 7.14.